The normalized spacial score (nSPS) is 36.8. The Balaban J connectivity index is 1.86. The third-order valence-electron chi connectivity index (χ3n) is 6.16. The first-order valence-electron chi connectivity index (χ1n) is 8.50. The summed E-state index contributed by atoms with van der Waals surface area (Å²) < 4.78 is 60.5. The average Bonchev–Trinajstić information content (AvgIpc) is 3.08. The van der Waals surface area contributed by atoms with Gasteiger partial charge < -0.3 is 10.5 Å². The molecule has 3 aliphatic heterocycles. The highest BCUT2D eigenvalue weighted by Gasteiger charge is 2.75. The van der Waals surface area contributed by atoms with Gasteiger partial charge in [0.1, 0.15) is 5.56 Å². The second-order valence-electron chi connectivity index (χ2n) is 7.81. The van der Waals surface area contributed by atoms with E-state index in [1.54, 1.807) is 13.8 Å². The van der Waals surface area contributed by atoms with Crippen molar-refractivity contribution >= 4 is 17.5 Å². The molecule has 148 valence electrons. The van der Waals surface area contributed by atoms with Crippen LogP contribution in [0.25, 0.3) is 0 Å². The second kappa shape index (κ2) is 5.30. The molecule has 0 aliphatic carbocycles. The molecule has 0 unspecified atom stereocenters. The number of nitrogens with zero attached hydrogens (tertiary/aromatic N) is 2. The summed E-state index contributed by atoms with van der Waals surface area (Å²) >= 11 is 0. The van der Waals surface area contributed by atoms with Crippen LogP contribution in [0, 0.1) is 29.0 Å². The van der Waals surface area contributed by atoms with Crippen LogP contribution in [0.1, 0.15) is 31.4 Å². The first kappa shape index (κ1) is 18.8. The van der Waals surface area contributed by atoms with E-state index in [4.69, 9.17) is 15.7 Å². The number of amides is 2. The van der Waals surface area contributed by atoms with E-state index < -0.39 is 69.7 Å². The van der Waals surface area contributed by atoms with E-state index in [0.717, 1.165) is 12.1 Å². The van der Waals surface area contributed by atoms with Crippen molar-refractivity contribution in [1.82, 2.24) is 0 Å². The zero-order valence-corrected chi connectivity index (χ0v) is 14.8. The lowest BCUT2D eigenvalue weighted by atomic mass is 9.67. The summed E-state index contributed by atoms with van der Waals surface area (Å²) in [4.78, 5) is 26.4. The largest absolute Gasteiger partial charge is 0.420 e. The molecule has 2 amide bonds. The average molecular weight is 397 g/mol. The van der Waals surface area contributed by atoms with Crippen LogP contribution >= 0.6 is 0 Å². The van der Waals surface area contributed by atoms with E-state index in [1.807, 2.05) is 0 Å². The number of carbonyl (C=O) groups excluding carboxylic acids is 2. The molecule has 3 fully saturated rings. The van der Waals surface area contributed by atoms with Gasteiger partial charge in [0.15, 0.2) is 5.82 Å². The number of nitriles is 1. The van der Waals surface area contributed by atoms with Crippen LogP contribution in [0.2, 0.25) is 0 Å². The summed E-state index contributed by atoms with van der Waals surface area (Å²) in [6.45, 7) is 3.20. The number of rotatable bonds is 1. The van der Waals surface area contributed by atoms with E-state index in [2.05, 4.69) is 0 Å². The molecular formula is C18H15F4N3O3. The van der Waals surface area contributed by atoms with Crippen LogP contribution in [-0.4, -0.2) is 29.1 Å². The Morgan fingerprint density at radius 1 is 1.25 bits per heavy atom. The molecule has 0 saturated carbocycles. The Hall–Kier alpha value is -2.51. The molecule has 6 nitrogen and oxygen atoms in total. The van der Waals surface area contributed by atoms with Crippen LogP contribution in [0.15, 0.2) is 12.1 Å². The fourth-order valence-corrected chi connectivity index (χ4v) is 4.95. The standard InChI is InChI=1S/C18H15F4N3O3/c1-16-5-9(24)17(2,28-16)12-11(16)14(26)25(15(12)27)8-4-3-7(6-23)10(13(8)19)18(20,21)22/h3-4,9,11-12H,5,24H2,1-2H3/t9-,11-,12+,16-,17+/m0/s1. The van der Waals surface area contributed by atoms with Crippen molar-refractivity contribution in [2.24, 2.45) is 17.6 Å². The lowest BCUT2D eigenvalue weighted by Crippen LogP contribution is -2.53. The number of anilines is 1. The zero-order valence-electron chi connectivity index (χ0n) is 14.8. The number of ether oxygens (including phenoxy) is 1. The van der Waals surface area contributed by atoms with Gasteiger partial charge in [0, 0.05) is 6.04 Å². The highest BCUT2D eigenvalue weighted by molar-refractivity contribution is 6.23. The molecule has 2 N–H and O–H groups in total. The van der Waals surface area contributed by atoms with Crippen molar-refractivity contribution in [2.75, 3.05) is 4.90 Å². The summed E-state index contributed by atoms with van der Waals surface area (Å²) in [5.41, 5.74) is 0.278. The van der Waals surface area contributed by atoms with Crippen LogP contribution < -0.4 is 10.6 Å². The van der Waals surface area contributed by atoms with Crippen molar-refractivity contribution in [2.45, 2.75) is 43.7 Å². The number of halogens is 4. The third-order valence-corrected chi connectivity index (χ3v) is 6.16. The molecule has 0 radical (unpaired) electrons. The number of hydrogen-bond acceptors (Lipinski definition) is 5. The van der Waals surface area contributed by atoms with Gasteiger partial charge in [0.25, 0.3) is 0 Å². The maximum atomic E-state index is 14.8. The van der Waals surface area contributed by atoms with Crippen LogP contribution in [0.3, 0.4) is 0 Å². The number of carbonyl (C=O) groups is 2. The van der Waals surface area contributed by atoms with Crippen molar-refractivity contribution in [3.63, 3.8) is 0 Å². The molecule has 0 spiro atoms. The van der Waals surface area contributed by atoms with Gasteiger partial charge in [-0.05, 0) is 32.4 Å². The van der Waals surface area contributed by atoms with Gasteiger partial charge in [-0.25, -0.2) is 9.29 Å². The van der Waals surface area contributed by atoms with E-state index in [1.165, 1.54) is 6.07 Å². The first-order valence-corrected chi connectivity index (χ1v) is 8.50. The molecule has 2 bridgehead atoms. The summed E-state index contributed by atoms with van der Waals surface area (Å²) in [6.07, 6.45) is -4.88. The monoisotopic (exact) mass is 397 g/mol. The summed E-state index contributed by atoms with van der Waals surface area (Å²) in [5.74, 6) is -5.49. The molecule has 3 saturated heterocycles. The van der Waals surface area contributed by atoms with Crippen LogP contribution in [0.4, 0.5) is 23.2 Å². The summed E-state index contributed by atoms with van der Waals surface area (Å²) in [7, 11) is 0. The van der Waals surface area contributed by atoms with Gasteiger partial charge >= 0.3 is 6.18 Å². The highest BCUT2D eigenvalue weighted by atomic mass is 19.4. The third kappa shape index (κ3) is 2.08. The SMILES string of the molecule is C[C@@]12O[C@@](C)(C[C@@H]1N)[C@@H]1C(=O)N(c3ccc(C#N)c(C(F)(F)F)c3F)C(=O)[C@@H]12. The molecule has 1 aromatic rings. The van der Waals surface area contributed by atoms with Gasteiger partial charge in [0.05, 0.1) is 40.4 Å². The number of imide groups is 1. The van der Waals surface area contributed by atoms with Gasteiger partial charge in [-0.15, -0.1) is 0 Å². The first-order chi connectivity index (χ1) is 12.9. The highest BCUT2D eigenvalue weighted by Crippen LogP contribution is 2.60. The van der Waals surface area contributed by atoms with Crippen LogP contribution in [0.5, 0.6) is 0 Å². The van der Waals surface area contributed by atoms with Crippen molar-refractivity contribution in [1.29, 1.82) is 5.26 Å². The summed E-state index contributed by atoms with van der Waals surface area (Å²) in [5, 5.41) is 8.88. The number of alkyl halides is 3. The summed E-state index contributed by atoms with van der Waals surface area (Å²) in [6, 6.07) is 2.32. The van der Waals surface area contributed by atoms with E-state index in [0.29, 0.717) is 11.3 Å². The minimum absolute atomic E-state index is 0.293. The number of nitrogens with two attached hydrogens (primary N) is 1. The van der Waals surface area contributed by atoms with Crippen molar-refractivity contribution < 1.29 is 31.9 Å². The van der Waals surface area contributed by atoms with E-state index in [-0.39, 0.29) is 0 Å². The lowest BCUT2D eigenvalue weighted by Gasteiger charge is -2.32. The minimum Gasteiger partial charge on any atom is -0.366 e. The Morgan fingerprint density at radius 2 is 1.86 bits per heavy atom. The van der Waals surface area contributed by atoms with Crippen molar-refractivity contribution in [3.8, 4) is 6.07 Å². The lowest BCUT2D eigenvalue weighted by molar-refractivity contribution is -0.140. The number of fused-ring (bicyclic) bond motifs is 5. The number of hydrogen-bond donors (Lipinski definition) is 1. The molecule has 4 rings (SSSR count). The zero-order chi connectivity index (χ0) is 20.8. The molecule has 5 atom stereocenters. The smallest absolute Gasteiger partial charge is 0.366 e. The number of benzene rings is 1. The predicted molar refractivity (Wildman–Crippen MR) is 86.1 cm³/mol. The molecule has 10 heteroatoms. The van der Waals surface area contributed by atoms with Gasteiger partial charge in [-0.1, -0.05) is 0 Å². The molecular weight excluding hydrogens is 382 g/mol. The molecule has 0 aromatic heterocycles. The Labute approximate surface area is 156 Å². The molecule has 1 aromatic carbocycles. The van der Waals surface area contributed by atoms with Gasteiger partial charge in [-0.2, -0.15) is 18.4 Å². The predicted octanol–water partition coefficient (Wildman–Crippen LogP) is 2.10. The van der Waals surface area contributed by atoms with E-state index >= 15 is 0 Å². The van der Waals surface area contributed by atoms with Gasteiger partial charge in [-0.3, -0.25) is 9.59 Å². The van der Waals surface area contributed by atoms with E-state index in [9.17, 15) is 27.2 Å². The van der Waals surface area contributed by atoms with Crippen LogP contribution in [-0.2, 0) is 20.5 Å². The second-order valence-corrected chi connectivity index (χ2v) is 7.81. The maximum absolute atomic E-state index is 14.8. The van der Waals surface area contributed by atoms with Gasteiger partial charge in [0.2, 0.25) is 11.8 Å². The fourth-order valence-electron chi connectivity index (χ4n) is 4.95. The molecule has 3 heterocycles. The molecule has 28 heavy (non-hydrogen) atoms. The fraction of sp³-hybridized carbons (Fsp3) is 0.500. The quantitative estimate of drug-likeness (QED) is 0.578. The Bertz CT molecular complexity index is 972. The maximum Gasteiger partial charge on any atom is 0.420 e. The Kier molecular flexibility index (Phi) is 3.57. The van der Waals surface area contributed by atoms with Crippen molar-refractivity contribution in [3.05, 3.63) is 29.1 Å². The minimum atomic E-state index is -5.17. The Morgan fingerprint density at radius 3 is 2.43 bits per heavy atom. The topological polar surface area (TPSA) is 96.4 Å². The molecule has 3 aliphatic rings.